The summed E-state index contributed by atoms with van der Waals surface area (Å²) in [4.78, 5) is 46.5. The molecule has 2 N–H and O–H groups in total. The van der Waals surface area contributed by atoms with Gasteiger partial charge in [0.05, 0.1) is 37.9 Å². The standard InChI is InChI=1S/C34H33Cl2N3O5S2/c1-21(25-20-45-33(32(25)42)24-7-8-26(35)27(36)18-24)38-19-29(41)31-11-10-30(46-31)28(40)9-4-22-2-5-23(6-3-22)34(43)37-12-13-39-14-16-44-17-15-39/h2-3,5-8,10-11,18,20,42H,4,9,12-17,19H2,1H3,(H,37,43). The van der Waals surface area contributed by atoms with Crippen molar-refractivity contribution in [1.29, 1.82) is 0 Å². The first kappa shape index (κ1) is 34.0. The van der Waals surface area contributed by atoms with E-state index in [4.69, 9.17) is 27.9 Å². The third kappa shape index (κ3) is 8.70. The number of carbonyl (C=O) groups is 3. The highest BCUT2D eigenvalue weighted by Crippen LogP contribution is 2.40. The summed E-state index contributed by atoms with van der Waals surface area (Å²) < 4.78 is 5.35. The number of Topliss-reactive ketones (excluding diaryl/α,β-unsaturated/α-hetero) is 2. The smallest absolute Gasteiger partial charge is 0.251 e. The molecule has 1 aliphatic heterocycles. The van der Waals surface area contributed by atoms with E-state index < -0.39 is 0 Å². The zero-order valence-electron chi connectivity index (χ0n) is 25.2. The SMILES string of the molecule is CC(=NCC(=O)c1ccc(C(=O)CCc2ccc(C(=O)NCCN3CCOCC3)cc2)s1)c1csc(-c2ccc(Cl)c(Cl)c2)c1O. The first-order valence-electron chi connectivity index (χ1n) is 14.8. The lowest BCUT2D eigenvalue weighted by atomic mass is 10.0. The molecule has 1 amide bonds. The number of hydrogen-bond donors (Lipinski definition) is 2. The van der Waals surface area contributed by atoms with Crippen molar-refractivity contribution in [2.75, 3.05) is 45.9 Å². The Kier molecular flexibility index (Phi) is 11.8. The fourth-order valence-electron chi connectivity index (χ4n) is 4.90. The predicted octanol–water partition coefficient (Wildman–Crippen LogP) is 7.06. The summed E-state index contributed by atoms with van der Waals surface area (Å²) in [6, 6.07) is 15.8. The molecule has 240 valence electrons. The molecule has 1 aliphatic rings. The Bertz CT molecular complexity index is 1740. The van der Waals surface area contributed by atoms with Crippen molar-refractivity contribution < 1.29 is 24.2 Å². The van der Waals surface area contributed by atoms with Gasteiger partial charge < -0.3 is 15.2 Å². The van der Waals surface area contributed by atoms with Gasteiger partial charge in [0.2, 0.25) is 0 Å². The minimum Gasteiger partial charge on any atom is -0.506 e. The summed E-state index contributed by atoms with van der Waals surface area (Å²) >= 11 is 14.7. The summed E-state index contributed by atoms with van der Waals surface area (Å²) in [5, 5.41) is 16.4. The minimum absolute atomic E-state index is 0.0494. The number of amides is 1. The number of thiophene rings is 2. The zero-order valence-corrected chi connectivity index (χ0v) is 28.3. The molecule has 5 rings (SSSR count). The van der Waals surface area contributed by atoms with E-state index in [-0.39, 0.29) is 36.2 Å². The maximum atomic E-state index is 12.9. The third-order valence-corrected chi connectivity index (χ3v) is 10.6. The van der Waals surface area contributed by atoms with Crippen molar-refractivity contribution in [2.45, 2.75) is 19.8 Å². The lowest BCUT2D eigenvalue weighted by molar-refractivity contribution is 0.0383. The molecule has 1 saturated heterocycles. The number of aromatic hydroxyl groups is 1. The molecule has 0 radical (unpaired) electrons. The Morgan fingerprint density at radius 2 is 1.70 bits per heavy atom. The molecule has 4 aromatic rings. The minimum atomic E-state index is -0.207. The Hall–Kier alpha value is -3.38. The van der Waals surface area contributed by atoms with Gasteiger partial charge in [-0.2, -0.15) is 0 Å². The third-order valence-electron chi connectivity index (χ3n) is 7.63. The quantitative estimate of drug-likeness (QED) is 0.114. The lowest BCUT2D eigenvalue weighted by Crippen LogP contribution is -2.41. The van der Waals surface area contributed by atoms with Crippen LogP contribution in [0, 0.1) is 0 Å². The highest BCUT2D eigenvalue weighted by molar-refractivity contribution is 7.16. The molecule has 2 aromatic heterocycles. The number of benzene rings is 2. The van der Waals surface area contributed by atoms with E-state index >= 15 is 0 Å². The Morgan fingerprint density at radius 1 is 0.978 bits per heavy atom. The largest absolute Gasteiger partial charge is 0.506 e. The van der Waals surface area contributed by atoms with E-state index in [1.54, 1.807) is 54.8 Å². The first-order valence-corrected chi connectivity index (χ1v) is 17.3. The van der Waals surface area contributed by atoms with E-state index in [1.807, 2.05) is 12.1 Å². The fourth-order valence-corrected chi connectivity index (χ4v) is 7.10. The van der Waals surface area contributed by atoms with E-state index in [0.717, 1.165) is 55.3 Å². The second kappa shape index (κ2) is 15.9. The van der Waals surface area contributed by atoms with Crippen LogP contribution in [-0.2, 0) is 11.2 Å². The van der Waals surface area contributed by atoms with Crippen LogP contribution in [-0.4, -0.2) is 79.1 Å². The molecule has 3 heterocycles. The van der Waals surface area contributed by atoms with Gasteiger partial charge in [-0.1, -0.05) is 41.4 Å². The van der Waals surface area contributed by atoms with Crippen LogP contribution < -0.4 is 5.32 Å². The van der Waals surface area contributed by atoms with Crippen LogP contribution >= 0.6 is 45.9 Å². The van der Waals surface area contributed by atoms with Crippen molar-refractivity contribution in [3.63, 3.8) is 0 Å². The summed E-state index contributed by atoms with van der Waals surface area (Å²) in [7, 11) is 0. The number of aliphatic imine (C=N–C) groups is 1. The average molecular weight is 699 g/mol. The van der Waals surface area contributed by atoms with Gasteiger partial charge in [0.25, 0.3) is 5.91 Å². The van der Waals surface area contributed by atoms with Gasteiger partial charge in [-0.3, -0.25) is 24.3 Å². The number of aryl methyl sites for hydroxylation is 1. The highest BCUT2D eigenvalue weighted by atomic mass is 35.5. The molecule has 0 atom stereocenters. The maximum absolute atomic E-state index is 12.9. The van der Waals surface area contributed by atoms with Crippen molar-refractivity contribution in [3.8, 4) is 16.2 Å². The predicted molar refractivity (Wildman–Crippen MR) is 186 cm³/mol. The number of morpholine rings is 1. The van der Waals surface area contributed by atoms with Gasteiger partial charge in [-0.25, -0.2) is 0 Å². The molecule has 2 aromatic carbocycles. The van der Waals surface area contributed by atoms with E-state index in [1.165, 1.54) is 11.3 Å². The average Bonchev–Trinajstić information content (AvgIpc) is 3.72. The molecule has 1 fully saturated rings. The molecule has 0 spiro atoms. The second-order valence-electron chi connectivity index (χ2n) is 10.8. The van der Waals surface area contributed by atoms with Gasteiger partial charge in [0, 0.05) is 54.8 Å². The van der Waals surface area contributed by atoms with Crippen LogP contribution in [0.1, 0.15) is 54.2 Å². The molecule has 0 bridgehead atoms. The molecular formula is C34H33Cl2N3O5S2. The number of hydrogen-bond acceptors (Lipinski definition) is 9. The molecule has 12 heteroatoms. The fraction of sp³-hybridized carbons (Fsp3) is 0.294. The summed E-state index contributed by atoms with van der Waals surface area (Å²) in [5.41, 5.74) is 3.33. The van der Waals surface area contributed by atoms with Crippen LogP contribution in [0.5, 0.6) is 5.75 Å². The Balaban J connectivity index is 1.09. The molecule has 0 saturated carbocycles. The zero-order chi connectivity index (χ0) is 32.6. The van der Waals surface area contributed by atoms with Gasteiger partial charge in [0.15, 0.2) is 11.6 Å². The number of ketones is 2. The van der Waals surface area contributed by atoms with Gasteiger partial charge in [-0.05, 0) is 60.9 Å². The molecular weight excluding hydrogens is 665 g/mol. The van der Waals surface area contributed by atoms with Crippen LogP contribution in [0.2, 0.25) is 10.0 Å². The van der Waals surface area contributed by atoms with E-state index in [2.05, 4.69) is 15.2 Å². The number of nitrogens with one attached hydrogen (secondary N) is 1. The summed E-state index contributed by atoms with van der Waals surface area (Å²) in [5.74, 6) is -0.307. The number of nitrogens with zero attached hydrogens (tertiary/aromatic N) is 2. The van der Waals surface area contributed by atoms with Crippen molar-refractivity contribution in [3.05, 3.63) is 96.5 Å². The number of rotatable bonds is 13. The molecule has 0 aliphatic carbocycles. The van der Waals surface area contributed by atoms with Crippen molar-refractivity contribution in [2.24, 2.45) is 4.99 Å². The Labute approximate surface area is 285 Å². The number of carbonyl (C=O) groups excluding carboxylic acids is 3. The second-order valence-corrected chi connectivity index (χ2v) is 13.6. The Morgan fingerprint density at radius 3 is 2.41 bits per heavy atom. The number of ether oxygens (including phenoxy) is 1. The van der Waals surface area contributed by atoms with E-state index in [9.17, 15) is 19.5 Å². The number of halogens is 2. The van der Waals surface area contributed by atoms with Gasteiger partial charge in [-0.15, -0.1) is 22.7 Å². The summed E-state index contributed by atoms with van der Waals surface area (Å²) in [6.07, 6.45) is 0.811. The topological polar surface area (TPSA) is 108 Å². The van der Waals surface area contributed by atoms with Crippen molar-refractivity contribution in [1.82, 2.24) is 10.2 Å². The van der Waals surface area contributed by atoms with Gasteiger partial charge in [0.1, 0.15) is 12.3 Å². The van der Waals surface area contributed by atoms with E-state index in [0.29, 0.717) is 54.5 Å². The van der Waals surface area contributed by atoms with Gasteiger partial charge >= 0.3 is 0 Å². The normalized spacial score (nSPS) is 13.9. The monoisotopic (exact) mass is 697 g/mol. The molecule has 8 nitrogen and oxygen atoms in total. The maximum Gasteiger partial charge on any atom is 0.251 e. The first-order chi connectivity index (χ1) is 22.2. The van der Waals surface area contributed by atoms with Crippen LogP contribution in [0.15, 0.2) is 65.0 Å². The van der Waals surface area contributed by atoms with Crippen molar-refractivity contribution >= 4 is 69.1 Å². The summed E-state index contributed by atoms with van der Waals surface area (Å²) in [6.45, 7) is 6.22. The lowest BCUT2D eigenvalue weighted by Gasteiger charge is -2.26. The van der Waals surface area contributed by atoms with Crippen LogP contribution in [0.3, 0.4) is 0 Å². The van der Waals surface area contributed by atoms with Crippen LogP contribution in [0.25, 0.3) is 10.4 Å². The molecule has 46 heavy (non-hydrogen) atoms. The van der Waals surface area contributed by atoms with Crippen LogP contribution in [0.4, 0.5) is 0 Å². The highest BCUT2D eigenvalue weighted by Gasteiger charge is 2.18. The molecule has 0 unspecified atom stereocenters.